The van der Waals surface area contributed by atoms with Gasteiger partial charge in [-0.1, -0.05) is 0 Å². The van der Waals surface area contributed by atoms with Crippen LogP contribution >= 0.6 is 0 Å². The van der Waals surface area contributed by atoms with Crippen LogP contribution in [0.15, 0.2) is 16.9 Å². The van der Waals surface area contributed by atoms with E-state index in [0.29, 0.717) is 16.6 Å². The number of H-pyrrole nitrogens is 1. The fourth-order valence-electron chi connectivity index (χ4n) is 1.27. The van der Waals surface area contributed by atoms with Gasteiger partial charge in [0.05, 0.1) is 5.56 Å². The molecule has 2 rings (SSSR count). The monoisotopic (exact) mass is 253 g/mol. The number of nitrogens with one attached hydrogen (secondary N) is 1. The lowest BCUT2D eigenvalue weighted by molar-refractivity contribution is -0.137. The van der Waals surface area contributed by atoms with Crippen molar-refractivity contribution in [1.29, 1.82) is 0 Å². The molecule has 2 aromatic rings. The second-order valence-corrected chi connectivity index (χ2v) is 3.18. The fraction of sp³-hybridized carbons (Fsp3) is 0.250. The Morgan fingerprint density at radius 2 is 1.94 bits per heavy atom. The Kier molecular flexibility index (Phi) is 2.40. The van der Waals surface area contributed by atoms with Crippen molar-refractivity contribution in [2.75, 3.05) is 0 Å². The number of halogens is 5. The van der Waals surface area contributed by atoms with Crippen LogP contribution in [0.4, 0.5) is 22.0 Å². The van der Waals surface area contributed by atoms with Crippen molar-refractivity contribution in [3.8, 4) is 0 Å². The third kappa shape index (κ3) is 1.99. The van der Waals surface area contributed by atoms with E-state index in [0.717, 1.165) is 0 Å². The molecule has 0 aromatic carbocycles. The van der Waals surface area contributed by atoms with Gasteiger partial charge >= 0.3 is 6.18 Å². The number of alkyl halides is 5. The van der Waals surface area contributed by atoms with Gasteiger partial charge in [-0.3, -0.25) is 9.89 Å². The van der Waals surface area contributed by atoms with E-state index in [1.54, 1.807) is 0 Å². The van der Waals surface area contributed by atoms with Gasteiger partial charge in [0.1, 0.15) is 0 Å². The first-order valence-electron chi connectivity index (χ1n) is 4.27. The third-order valence-electron chi connectivity index (χ3n) is 2.01. The summed E-state index contributed by atoms with van der Waals surface area (Å²) in [5, 5.41) is 1.92. The van der Waals surface area contributed by atoms with Gasteiger partial charge < -0.3 is 0 Å². The van der Waals surface area contributed by atoms with Gasteiger partial charge in [0, 0.05) is 6.07 Å². The molecule has 2 heterocycles. The first-order valence-corrected chi connectivity index (χ1v) is 4.27. The lowest BCUT2D eigenvalue weighted by Gasteiger charge is -2.04. The quantitative estimate of drug-likeness (QED) is 0.790. The van der Waals surface area contributed by atoms with Crippen LogP contribution < -0.4 is 5.56 Å². The molecule has 0 spiro atoms. The Hall–Kier alpha value is -1.93. The second-order valence-electron chi connectivity index (χ2n) is 3.18. The Morgan fingerprint density at radius 1 is 1.29 bits per heavy atom. The number of aromatic nitrogens is 3. The van der Waals surface area contributed by atoms with Crippen molar-refractivity contribution in [2.24, 2.45) is 0 Å². The minimum atomic E-state index is -4.72. The van der Waals surface area contributed by atoms with Crippen LogP contribution in [-0.2, 0) is 6.18 Å². The Morgan fingerprint density at radius 3 is 2.47 bits per heavy atom. The Labute approximate surface area is 89.7 Å². The molecule has 92 valence electrons. The van der Waals surface area contributed by atoms with Gasteiger partial charge in [0.25, 0.3) is 12.0 Å². The minimum Gasteiger partial charge on any atom is -0.271 e. The summed E-state index contributed by atoms with van der Waals surface area (Å²) >= 11 is 0. The maximum Gasteiger partial charge on any atom is 0.416 e. The van der Waals surface area contributed by atoms with Crippen molar-refractivity contribution in [2.45, 2.75) is 12.6 Å². The molecule has 2 aromatic heterocycles. The van der Waals surface area contributed by atoms with Crippen LogP contribution in [0.1, 0.15) is 17.8 Å². The van der Waals surface area contributed by atoms with Gasteiger partial charge in [-0.05, 0) is 6.07 Å². The summed E-state index contributed by atoms with van der Waals surface area (Å²) < 4.78 is 62.0. The zero-order valence-corrected chi connectivity index (χ0v) is 7.92. The summed E-state index contributed by atoms with van der Waals surface area (Å²) in [7, 11) is 0. The normalized spacial score (nSPS) is 12.6. The largest absolute Gasteiger partial charge is 0.416 e. The molecule has 0 saturated carbocycles. The molecule has 0 aliphatic carbocycles. The Bertz CT molecular complexity index is 612. The van der Waals surface area contributed by atoms with Gasteiger partial charge in [0.2, 0.25) is 0 Å². The predicted molar refractivity (Wildman–Crippen MR) is 45.8 cm³/mol. The van der Waals surface area contributed by atoms with E-state index in [-0.39, 0.29) is 0 Å². The van der Waals surface area contributed by atoms with E-state index in [4.69, 9.17) is 0 Å². The minimum absolute atomic E-state index is 0.306. The van der Waals surface area contributed by atoms with Crippen LogP contribution in [0.2, 0.25) is 0 Å². The van der Waals surface area contributed by atoms with Crippen molar-refractivity contribution in [3.63, 3.8) is 0 Å². The zero-order valence-electron chi connectivity index (χ0n) is 7.92. The molecular formula is C8H4F5N3O. The number of hydrogen-bond donors (Lipinski definition) is 1. The molecule has 0 radical (unpaired) electrons. The van der Waals surface area contributed by atoms with Gasteiger partial charge in [0.15, 0.2) is 11.5 Å². The fourth-order valence-corrected chi connectivity index (χ4v) is 1.27. The van der Waals surface area contributed by atoms with Crippen molar-refractivity contribution >= 4 is 5.65 Å². The van der Waals surface area contributed by atoms with Crippen LogP contribution in [0.5, 0.6) is 0 Å². The van der Waals surface area contributed by atoms with E-state index >= 15 is 0 Å². The number of nitrogens with zero attached hydrogens (tertiary/aromatic N) is 2. The second kappa shape index (κ2) is 3.54. The highest BCUT2D eigenvalue weighted by Gasteiger charge is 2.32. The highest BCUT2D eigenvalue weighted by molar-refractivity contribution is 5.41. The number of pyridine rings is 1. The van der Waals surface area contributed by atoms with Crippen molar-refractivity contribution < 1.29 is 22.0 Å². The van der Waals surface area contributed by atoms with Crippen LogP contribution in [0.25, 0.3) is 5.65 Å². The summed E-state index contributed by atoms with van der Waals surface area (Å²) in [4.78, 5) is 14.4. The van der Waals surface area contributed by atoms with E-state index in [1.165, 1.54) is 0 Å². The maximum atomic E-state index is 12.3. The van der Waals surface area contributed by atoms with E-state index in [2.05, 4.69) is 4.98 Å². The molecule has 0 aliphatic rings. The molecule has 0 amide bonds. The number of fused-ring (bicyclic) bond motifs is 1. The first-order chi connectivity index (χ1) is 7.79. The number of hydrogen-bond acceptors (Lipinski definition) is 2. The molecule has 9 heteroatoms. The summed E-state index contributed by atoms with van der Waals surface area (Å²) in [5.74, 6) is -0.860. The van der Waals surface area contributed by atoms with Crippen LogP contribution in [0, 0.1) is 0 Å². The maximum absolute atomic E-state index is 12.3. The molecular weight excluding hydrogens is 249 g/mol. The van der Waals surface area contributed by atoms with Gasteiger partial charge in [-0.25, -0.2) is 18.3 Å². The summed E-state index contributed by atoms with van der Waals surface area (Å²) in [6.07, 6.45) is -7.72. The van der Waals surface area contributed by atoms with Crippen molar-refractivity contribution in [3.05, 3.63) is 33.9 Å². The summed E-state index contributed by atoms with van der Waals surface area (Å²) in [6, 6.07) is 0.824. The molecule has 1 N–H and O–H groups in total. The smallest absolute Gasteiger partial charge is 0.271 e. The molecule has 0 fully saturated rings. The average molecular weight is 253 g/mol. The van der Waals surface area contributed by atoms with Crippen LogP contribution in [-0.4, -0.2) is 14.6 Å². The lowest BCUT2D eigenvalue weighted by atomic mass is 10.2. The topological polar surface area (TPSA) is 50.2 Å². The zero-order chi connectivity index (χ0) is 12.8. The molecule has 0 bridgehead atoms. The summed E-state index contributed by atoms with van der Waals surface area (Å²) in [6.45, 7) is 0. The van der Waals surface area contributed by atoms with Crippen LogP contribution in [0.3, 0.4) is 0 Å². The predicted octanol–water partition coefficient (Wildman–Crippen LogP) is 1.98. The molecule has 0 atom stereocenters. The van der Waals surface area contributed by atoms with E-state index < -0.39 is 35.2 Å². The Balaban J connectivity index is 2.70. The SMILES string of the molecule is O=c1cc(C(F)(F)F)cc2nc(C(F)F)[nH]n12. The van der Waals surface area contributed by atoms with Gasteiger partial charge in [-0.2, -0.15) is 13.2 Å². The number of aromatic amines is 1. The molecule has 0 unspecified atom stereocenters. The van der Waals surface area contributed by atoms with Crippen molar-refractivity contribution in [1.82, 2.24) is 14.6 Å². The number of rotatable bonds is 1. The molecule has 17 heavy (non-hydrogen) atoms. The van der Waals surface area contributed by atoms with Gasteiger partial charge in [-0.15, -0.1) is 0 Å². The highest BCUT2D eigenvalue weighted by Crippen LogP contribution is 2.28. The molecule has 4 nitrogen and oxygen atoms in total. The molecule has 0 aliphatic heterocycles. The lowest BCUT2D eigenvalue weighted by Crippen LogP contribution is -2.17. The highest BCUT2D eigenvalue weighted by atomic mass is 19.4. The third-order valence-corrected chi connectivity index (χ3v) is 2.01. The van der Waals surface area contributed by atoms with E-state index in [1.807, 2.05) is 5.10 Å². The first kappa shape index (κ1) is 11.6. The standard InChI is InChI=1S/C8H4F5N3O/c9-6(10)7-14-4-1-3(8(11,12)13)2-5(17)16(4)15-7/h1-2,6H,(H,14,15). The average Bonchev–Trinajstić information content (AvgIpc) is 2.60. The summed E-state index contributed by atoms with van der Waals surface area (Å²) in [5.41, 5.74) is -2.83. The van der Waals surface area contributed by atoms with E-state index in [9.17, 15) is 26.7 Å². The molecule has 0 saturated heterocycles.